The lowest BCUT2D eigenvalue weighted by Crippen LogP contribution is -2.42. The Morgan fingerprint density at radius 1 is 1.55 bits per heavy atom. The second kappa shape index (κ2) is 3.92. The molecule has 0 unspecified atom stereocenters. The minimum atomic E-state index is -2.46. The van der Waals surface area contributed by atoms with Gasteiger partial charge in [0.25, 0.3) is 0 Å². The van der Waals surface area contributed by atoms with Gasteiger partial charge in [0.05, 0.1) is 11.2 Å². The molecular formula is C5H8N2O2S2. The van der Waals surface area contributed by atoms with Crippen molar-refractivity contribution >= 4 is 28.3 Å². The molecule has 0 spiro atoms. The predicted octanol–water partition coefficient (Wildman–Crippen LogP) is -0.264. The maximum atomic E-state index is 10.1. The molecule has 0 aromatic carbocycles. The predicted molar refractivity (Wildman–Crippen MR) is 45.3 cm³/mol. The van der Waals surface area contributed by atoms with Crippen LogP contribution in [0.15, 0.2) is 4.99 Å². The van der Waals surface area contributed by atoms with Crippen LogP contribution < -0.4 is 4.72 Å². The van der Waals surface area contributed by atoms with Crippen molar-refractivity contribution in [1.29, 1.82) is 0 Å². The second-order valence-electron chi connectivity index (χ2n) is 2.43. The zero-order valence-electron chi connectivity index (χ0n) is 5.69. The Bertz CT molecular complexity index is 243. The molecule has 1 aliphatic rings. The van der Waals surface area contributed by atoms with E-state index < -0.39 is 10.9 Å². The summed E-state index contributed by atoms with van der Waals surface area (Å²) >= 11 is 4.40. The highest BCUT2D eigenvalue weighted by Crippen LogP contribution is 2.22. The zero-order chi connectivity index (χ0) is 8.27. The summed E-state index contributed by atoms with van der Waals surface area (Å²) < 4.78 is 22.7. The molecule has 0 atom stereocenters. The second-order valence-corrected chi connectivity index (χ2v) is 3.38. The van der Waals surface area contributed by atoms with Crippen LogP contribution in [0.4, 0.5) is 0 Å². The fourth-order valence-electron chi connectivity index (χ4n) is 1.02. The Morgan fingerprint density at radius 2 is 2.18 bits per heavy atom. The van der Waals surface area contributed by atoms with Crippen molar-refractivity contribution in [3.8, 4) is 0 Å². The Hall–Kier alpha value is -0.290. The van der Waals surface area contributed by atoms with Crippen LogP contribution in [-0.4, -0.2) is 25.7 Å². The summed E-state index contributed by atoms with van der Waals surface area (Å²) in [6.07, 6.45) is 1.49. The van der Waals surface area contributed by atoms with Crippen LogP contribution in [0.5, 0.6) is 0 Å². The highest BCUT2D eigenvalue weighted by atomic mass is 32.2. The molecule has 0 radical (unpaired) electrons. The Balaban J connectivity index is 2.24. The van der Waals surface area contributed by atoms with E-state index in [2.05, 4.69) is 27.1 Å². The molecule has 0 aliphatic heterocycles. The molecule has 0 aromatic rings. The van der Waals surface area contributed by atoms with Gasteiger partial charge in [0.15, 0.2) is 0 Å². The van der Waals surface area contributed by atoms with Gasteiger partial charge in [0, 0.05) is 6.04 Å². The van der Waals surface area contributed by atoms with Crippen molar-refractivity contribution in [3.63, 3.8) is 0 Å². The van der Waals surface area contributed by atoms with Crippen LogP contribution in [0.2, 0.25) is 0 Å². The van der Waals surface area contributed by atoms with Gasteiger partial charge in [-0.3, -0.25) is 0 Å². The summed E-state index contributed by atoms with van der Waals surface area (Å²) in [6, 6.07) is 0.244. The summed E-state index contributed by atoms with van der Waals surface area (Å²) in [7, 11) is -2.46. The maximum absolute atomic E-state index is 10.1. The van der Waals surface area contributed by atoms with E-state index in [4.69, 9.17) is 0 Å². The van der Waals surface area contributed by atoms with Gasteiger partial charge in [-0.25, -0.2) is 18.1 Å². The zero-order valence-corrected chi connectivity index (χ0v) is 7.40. The molecule has 0 saturated heterocycles. The summed E-state index contributed by atoms with van der Waals surface area (Å²) in [6.45, 7) is 0. The fourth-order valence-corrected chi connectivity index (χ4v) is 1.68. The maximum Gasteiger partial charge on any atom is 0.201 e. The van der Waals surface area contributed by atoms with Crippen molar-refractivity contribution in [2.45, 2.75) is 24.9 Å². The molecule has 11 heavy (non-hydrogen) atoms. The van der Waals surface area contributed by atoms with Gasteiger partial charge in [-0.15, -0.1) is 0 Å². The molecule has 0 aromatic heterocycles. The molecule has 1 rings (SSSR count). The van der Waals surface area contributed by atoms with Crippen LogP contribution in [0.25, 0.3) is 0 Å². The number of nitrogens with one attached hydrogen (secondary N) is 1. The molecule has 0 bridgehead atoms. The highest BCUT2D eigenvalue weighted by Gasteiger charge is 2.28. The minimum absolute atomic E-state index is 0.0632. The molecule has 1 fully saturated rings. The molecule has 1 aliphatic carbocycles. The molecule has 6 heteroatoms. The molecule has 1 saturated carbocycles. The summed E-state index contributed by atoms with van der Waals surface area (Å²) in [4.78, 5) is 3.82. The number of hydrogen-bond acceptors (Lipinski definition) is 4. The lowest BCUT2D eigenvalue weighted by atomic mass is 9.88. The number of aliphatic imine (C=N–C) groups is 1. The van der Waals surface area contributed by atoms with E-state index in [-0.39, 0.29) is 12.1 Å². The molecule has 1 N–H and O–H groups in total. The lowest BCUT2D eigenvalue weighted by molar-refractivity contribution is 0.332. The van der Waals surface area contributed by atoms with E-state index in [0.29, 0.717) is 0 Å². The SMILES string of the molecule is O=[SH](=O)NC1CC(N=C=S)C1. The standard InChI is InChI=1S/C5H8N2O2S2/c8-11(9)7-5-1-4(2-5)6-3-10/h4-5,11H,1-2H2,(H,7,8,9). The van der Waals surface area contributed by atoms with Gasteiger partial charge in [0.1, 0.15) is 0 Å². The van der Waals surface area contributed by atoms with Crippen LogP contribution in [0.1, 0.15) is 12.8 Å². The average molecular weight is 192 g/mol. The van der Waals surface area contributed by atoms with E-state index in [9.17, 15) is 8.42 Å². The van der Waals surface area contributed by atoms with Gasteiger partial charge in [-0.05, 0) is 25.1 Å². The Morgan fingerprint density at radius 3 is 2.64 bits per heavy atom. The van der Waals surface area contributed by atoms with Gasteiger partial charge in [-0.1, -0.05) is 0 Å². The number of hydrogen-bond donors (Lipinski definition) is 2. The third-order valence-corrected chi connectivity index (χ3v) is 2.32. The van der Waals surface area contributed by atoms with Crippen LogP contribution >= 0.6 is 12.2 Å². The number of thiocarbonyl (C=S) groups is 1. The number of nitrogens with zero attached hydrogens (tertiary/aromatic N) is 1. The van der Waals surface area contributed by atoms with Gasteiger partial charge >= 0.3 is 0 Å². The van der Waals surface area contributed by atoms with Crippen LogP contribution in [-0.2, 0) is 10.9 Å². The summed E-state index contributed by atoms with van der Waals surface area (Å²) in [5, 5.41) is 2.27. The first kappa shape index (κ1) is 8.80. The average Bonchev–Trinajstić information content (AvgIpc) is 1.82. The molecule has 0 heterocycles. The monoisotopic (exact) mass is 192 g/mol. The fraction of sp³-hybridized carbons (Fsp3) is 0.800. The number of thiol groups is 1. The third-order valence-electron chi connectivity index (χ3n) is 1.64. The van der Waals surface area contributed by atoms with Gasteiger partial charge in [0.2, 0.25) is 10.9 Å². The van der Waals surface area contributed by atoms with Crippen molar-refractivity contribution in [2.24, 2.45) is 4.99 Å². The van der Waals surface area contributed by atoms with Gasteiger partial charge in [-0.2, -0.15) is 0 Å². The van der Waals surface area contributed by atoms with Crippen molar-refractivity contribution in [2.75, 3.05) is 0 Å². The highest BCUT2D eigenvalue weighted by molar-refractivity contribution is 7.78. The number of isothiocyanates is 1. The number of rotatable bonds is 3. The first-order chi connectivity index (χ1) is 5.22. The van der Waals surface area contributed by atoms with Crippen molar-refractivity contribution < 1.29 is 8.42 Å². The minimum Gasteiger partial charge on any atom is -0.229 e. The molecule has 4 nitrogen and oxygen atoms in total. The van der Waals surface area contributed by atoms with E-state index in [1.54, 1.807) is 0 Å². The van der Waals surface area contributed by atoms with Gasteiger partial charge < -0.3 is 0 Å². The normalized spacial score (nSPS) is 29.2. The van der Waals surface area contributed by atoms with Crippen LogP contribution in [0.3, 0.4) is 0 Å². The van der Waals surface area contributed by atoms with Crippen molar-refractivity contribution in [1.82, 2.24) is 4.72 Å². The lowest BCUT2D eigenvalue weighted by Gasteiger charge is -2.30. The van der Waals surface area contributed by atoms with Crippen molar-refractivity contribution in [3.05, 3.63) is 0 Å². The topological polar surface area (TPSA) is 58.5 Å². The first-order valence-electron chi connectivity index (χ1n) is 3.20. The largest absolute Gasteiger partial charge is 0.229 e. The Kier molecular flexibility index (Phi) is 3.14. The Labute approximate surface area is 71.8 Å². The molecule has 0 amide bonds. The smallest absolute Gasteiger partial charge is 0.201 e. The first-order valence-corrected chi connectivity index (χ1v) is 4.78. The summed E-state index contributed by atoms with van der Waals surface area (Å²) in [5.41, 5.74) is 0. The van der Waals surface area contributed by atoms with E-state index in [1.807, 2.05) is 0 Å². The van der Waals surface area contributed by atoms with Crippen LogP contribution in [0, 0.1) is 0 Å². The molecular weight excluding hydrogens is 184 g/mol. The third kappa shape index (κ3) is 2.67. The summed E-state index contributed by atoms with van der Waals surface area (Å²) in [5.74, 6) is 0. The van der Waals surface area contributed by atoms with E-state index in [1.165, 1.54) is 0 Å². The van der Waals surface area contributed by atoms with E-state index >= 15 is 0 Å². The molecule has 62 valence electrons. The quantitative estimate of drug-likeness (QED) is 0.368. The van der Waals surface area contributed by atoms with E-state index in [0.717, 1.165) is 12.8 Å².